The summed E-state index contributed by atoms with van der Waals surface area (Å²) in [7, 11) is 0. The van der Waals surface area contributed by atoms with E-state index in [9.17, 15) is 14.9 Å². The average molecular weight is 317 g/mol. The topological polar surface area (TPSA) is 64.4 Å². The first-order valence-corrected chi connectivity index (χ1v) is 7.50. The minimum absolute atomic E-state index is 0.0199. The van der Waals surface area contributed by atoms with Gasteiger partial charge < -0.3 is 0 Å². The van der Waals surface area contributed by atoms with Crippen molar-refractivity contribution in [3.63, 3.8) is 0 Å². The van der Waals surface area contributed by atoms with E-state index in [1.165, 1.54) is 0 Å². The van der Waals surface area contributed by atoms with Crippen LogP contribution < -0.4 is 5.01 Å². The molecule has 0 radical (unpaired) electrons. The van der Waals surface area contributed by atoms with Gasteiger partial charge in [-0.25, -0.2) is 5.01 Å². The van der Waals surface area contributed by atoms with Gasteiger partial charge in [-0.1, -0.05) is 36.4 Å². The molecule has 0 fully saturated rings. The Bertz CT molecular complexity index is 812. The zero-order valence-electron chi connectivity index (χ0n) is 13.1. The van der Waals surface area contributed by atoms with E-state index in [0.29, 0.717) is 16.9 Å². The molecule has 0 saturated heterocycles. The number of carbonyl (C=O) groups is 2. The number of hydrazine groups is 1. The Hall–Kier alpha value is -3.39. The number of anilines is 2. The maximum absolute atomic E-state index is 12.7. The lowest BCUT2D eigenvalue weighted by atomic mass is 10.0. The number of rotatable bonds is 3. The second-order valence-electron chi connectivity index (χ2n) is 5.44. The van der Waals surface area contributed by atoms with Crippen molar-refractivity contribution < 1.29 is 9.59 Å². The van der Waals surface area contributed by atoms with Crippen LogP contribution in [0.3, 0.4) is 0 Å². The van der Waals surface area contributed by atoms with Crippen LogP contribution in [-0.4, -0.2) is 16.8 Å². The van der Waals surface area contributed by atoms with Crippen molar-refractivity contribution in [3.8, 4) is 6.07 Å². The van der Waals surface area contributed by atoms with Crippen LogP contribution in [0.15, 0.2) is 71.8 Å². The molecule has 118 valence electrons. The second-order valence-corrected chi connectivity index (χ2v) is 5.44. The maximum atomic E-state index is 12.7. The van der Waals surface area contributed by atoms with E-state index in [0.717, 1.165) is 5.01 Å². The fraction of sp³-hybridized carbons (Fsp3) is 0.105. The number of para-hydroxylation sites is 2. The minimum atomic E-state index is -0.598. The molecule has 5 nitrogen and oxygen atoms in total. The van der Waals surface area contributed by atoms with E-state index in [2.05, 4.69) is 0 Å². The fourth-order valence-corrected chi connectivity index (χ4v) is 2.66. The minimum Gasteiger partial charge on any atom is -0.272 e. The van der Waals surface area contributed by atoms with E-state index in [-0.39, 0.29) is 17.9 Å². The molecule has 2 aromatic carbocycles. The predicted molar refractivity (Wildman–Crippen MR) is 89.8 cm³/mol. The molecular weight excluding hydrogens is 302 g/mol. The Morgan fingerprint density at radius 1 is 0.958 bits per heavy atom. The Balaban J connectivity index is 2.15. The van der Waals surface area contributed by atoms with Crippen molar-refractivity contribution in [2.45, 2.75) is 13.3 Å². The number of hydrogen-bond donors (Lipinski definition) is 0. The maximum Gasteiger partial charge on any atom is 0.290 e. The number of nitrogens with zero attached hydrogens (tertiary/aromatic N) is 3. The molecule has 0 N–H and O–H groups in total. The van der Waals surface area contributed by atoms with Crippen LogP contribution in [0.2, 0.25) is 0 Å². The summed E-state index contributed by atoms with van der Waals surface area (Å²) in [6.45, 7) is 1.64. The molecule has 2 aromatic rings. The summed E-state index contributed by atoms with van der Waals surface area (Å²) >= 11 is 0. The largest absolute Gasteiger partial charge is 0.290 e. The summed E-state index contributed by atoms with van der Waals surface area (Å²) in [5.74, 6) is -0.955. The Labute approximate surface area is 140 Å². The van der Waals surface area contributed by atoms with Crippen LogP contribution in [0.4, 0.5) is 11.4 Å². The van der Waals surface area contributed by atoms with Crippen LogP contribution >= 0.6 is 0 Å². The fourth-order valence-electron chi connectivity index (χ4n) is 2.66. The van der Waals surface area contributed by atoms with Crippen LogP contribution in [0.25, 0.3) is 0 Å². The van der Waals surface area contributed by atoms with Crippen LogP contribution in [0.5, 0.6) is 0 Å². The second kappa shape index (κ2) is 6.39. The first-order chi connectivity index (χ1) is 11.6. The Morgan fingerprint density at radius 2 is 1.46 bits per heavy atom. The van der Waals surface area contributed by atoms with Crippen molar-refractivity contribution in [2.24, 2.45) is 0 Å². The van der Waals surface area contributed by atoms with Crippen molar-refractivity contribution in [1.29, 1.82) is 5.26 Å². The SMILES string of the molecule is CC1=C(C#N)C(=O)N(N(c2ccccc2)c2ccccc2)C(=O)C1. The highest BCUT2D eigenvalue weighted by Crippen LogP contribution is 2.31. The third-order valence-corrected chi connectivity index (χ3v) is 3.80. The van der Waals surface area contributed by atoms with Gasteiger partial charge in [-0.05, 0) is 36.8 Å². The van der Waals surface area contributed by atoms with Gasteiger partial charge >= 0.3 is 0 Å². The van der Waals surface area contributed by atoms with Gasteiger partial charge in [0.1, 0.15) is 11.6 Å². The van der Waals surface area contributed by atoms with Gasteiger partial charge in [-0.2, -0.15) is 10.3 Å². The normalized spacial score (nSPS) is 14.6. The molecule has 0 bridgehead atoms. The van der Waals surface area contributed by atoms with Crippen molar-refractivity contribution in [3.05, 3.63) is 71.8 Å². The van der Waals surface area contributed by atoms with E-state index >= 15 is 0 Å². The molecule has 2 amide bonds. The summed E-state index contributed by atoms with van der Waals surface area (Å²) in [4.78, 5) is 25.3. The van der Waals surface area contributed by atoms with Gasteiger partial charge in [-0.15, -0.1) is 0 Å². The van der Waals surface area contributed by atoms with Crippen LogP contribution in [0.1, 0.15) is 13.3 Å². The van der Waals surface area contributed by atoms with Crippen LogP contribution in [-0.2, 0) is 9.59 Å². The molecule has 0 unspecified atom stereocenters. The Morgan fingerprint density at radius 3 is 1.92 bits per heavy atom. The number of imide groups is 1. The molecule has 24 heavy (non-hydrogen) atoms. The summed E-state index contributed by atoms with van der Waals surface area (Å²) in [5, 5.41) is 11.9. The third kappa shape index (κ3) is 2.66. The van der Waals surface area contributed by atoms with Gasteiger partial charge in [0.25, 0.3) is 11.8 Å². The van der Waals surface area contributed by atoms with Gasteiger partial charge in [0, 0.05) is 0 Å². The predicted octanol–water partition coefficient (Wildman–Crippen LogP) is 3.34. The smallest absolute Gasteiger partial charge is 0.272 e. The first-order valence-electron chi connectivity index (χ1n) is 7.50. The number of carbonyl (C=O) groups excluding carboxylic acids is 2. The van der Waals surface area contributed by atoms with Crippen LogP contribution in [0, 0.1) is 11.3 Å². The molecule has 1 aliphatic heterocycles. The first kappa shape index (κ1) is 15.5. The Kier molecular flexibility index (Phi) is 4.13. The highest BCUT2D eigenvalue weighted by molar-refractivity contribution is 6.12. The van der Waals surface area contributed by atoms with E-state index in [1.807, 2.05) is 66.7 Å². The van der Waals surface area contributed by atoms with Crippen molar-refractivity contribution in [2.75, 3.05) is 5.01 Å². The molecule has 0 atom stereocenters. The van der Waals surface area contributed by atoms with Crippen molar-refractivity contribution >= 4 is 23.2 Å². The van der Waals surface area contributed by atoms with E-state index < -0.39 is 5.91 Å². The lowest BCUT2D eigenvalue weighted by Gasteiger charge is -2.36. The number of hydrogen-bond acceptors (Lipinski definition) is 4. The zero-order valence-corrected chi connectivity index (χ0v) is 13.1. The molecule has 3 rings (SSSR count). The van der Waals surface area contributed by atoms with Gasteiger partial charge in [0.05, 0.1) is 17.8 Å². The molecule has 0 spiro atoms. The van der Waals surface area contributed by atoms with Crippen molar-refractivity contribution in [1.82, 2.24) is 5.01 Å². The summed E-state index contributed by atoms with van der Waals surface area (Å²) < 4.78 is 0. The molecule has 1 heterocycles. The molecule has 0 aromatic heterocycles. The van der Waals surface area contributed by atoms with Gasteiger partial charge in [0.15, 0.2) is 0 Å². The average Bonchev–Trinajstić information content (AvgIpc) is 2.60. The molecule has 5 heteroatoms. The summed E-state index contributed by atoms with van der Waals surface area (Å²) in [5.41, 5.74) is 1.86. The van der Waals surface area contributed by atoms with E-state index in [1.54, 1.807) is 11.9 Å². The standard InChI is InChI=1S/C19H15N3O2/c1-14-12-18(23)22(19(24)17(14)13-20)21(15-8-4-2-5-9-15)16-10-6-3-7-11-16/h2-11H,12H2,1H3. The number of amides is 2. The lowest BCUT2D eigenvalue weighted by molar-refractivity contribution is -0.143. The quantitative estimate of drug-likeness (QED) is 0.814. The zero-order chi connectivity index (χ0) is 17.1. The number of benzene rings is 2. The lowest BCUT2D eigenvalue weighted by Crippen LogP contribution is -2.50. The number of nitriles is 1. The molecular formula is C19H15N3O2. The third-order valence-electron chi connectivity index (χ3n) is 3.80. The van der Waals surface area contributed by atoms with E-state index in [4.69, 9.17) is 0 Å². The van der Waals surface area contributed by atoms with Gasteiger partial charge in [0.2, 0.25) is 0 Å². The monoisotopic (exact) mass is 317 g/mol. The highest BCUT2D eigenvalue weighted by atomic mass is 16.2. The summed E-state index contributed by atoms with van der Waals surface area (Å²) in [6.07, 6.45) is 0.0464. The highest BCUT2D eigenvalue weighted by Gasteiger charge is 2.36. The summed E-state index contributed by atoms with van der Waals surface area (Å²) in [6, 6.07) is 20.2. The molecule has 0 aliphatic carbocycles. The molecule has 0 saturated carbocycles. The molecule has 1 aliphatic rings. The van der Waals surface area contributed by atoms with Gasteiger partial charge in [-0.3, -0.25) is 9.59 Å².